The summed E-state index contributed by atoms with van der Waals surface area (Å²) in [6, 6.07) is 23.7. The van der Waals surface area contributed by atoms with Gasteiger partial charge in [-0.2, -0.15) is 0 Å². The first kappa shape index (κ1) is 25.7. The van der Waals surface area contributed by atoms with Crippen molar-refractivity contribution in [2.45, 2.75) is 46.2 Å². The molecule has 0 spiro atoms. The van der Waals surface area contributed by atoms with Gasteiger partial charge in [0, 0.05) is 23.3 Å². The maximum absolute atomic E-state index is 13.2. The molecule has 1 aliphatic heterocycles. The summed E-state index contributed by atoms with van der Waals surface area (Å²) in [5, 5.41) is 7.03. The van der Waals surface area contributed by atoms with Crippen LogP contribution in [0.4, 0.5) is 5.69 Å². The molecule has 0 unspecified atom stereocenters. The Morgan fingerprint density at radius 1 is 1.03 bits per heavy atom. The van der Waals surface area contributed by atoms with E-state index in [9.17, 15) is 4.79 Å². The lowest BCUT2D eigenvalue weighted by atomic mass is 9.96. The van der Waals surface area contributed by atoms with Gasteiger partial charge in [-0.15, -0.1) is 0 Å². The molecule has 3 heterocycles. The number of aromatic nitrogens is 2. The summed E-state index contributed by atoms with van der Waals surface area (Å²) in [5.41, 5.74) is 8.83. The van der Waals surface area contributed by atoms with Gasteiger partial charge in [0.05, 0.1) is 23.5 Å². The van der Waals surface area contributed by atoms with E-state index in [0.29, 0.717) is 5.11 Å². The van der Waals surface area contributed by atoms with E-state index in [2.05, 4.69) is 72.1 Å². The number of nitrogens with one attached hydrogen (secondary N) is 2. The molecule has 1 saturated heterocycles. The number of hydrogen-bond acceptors (Lipinski definition) is 3. The highest BCUT2D eigenvalue weighted by Crippen LogP contribution is 2.41. The molecular formula is C31H33N5OS. The highest BCUT2D eigenvalue weighted by molar-refractivity contribution is 7.80. The van der Waals surface area contributed by atoms with Gasteiger partial charge in [-0.05, 0) is 86.4 Å². The summed E-state index contributed by atoms with van der Waals surface area (Å²) >= 11 is 5.81. The molecule has 1 amide bonds. The Balaban J connectivity index is 1.58. The number of hydrogen-bond donors (Lipinski definition) is 2. The SMILES string of the molecule is CCc1cccc(C)c1-n1c(C)cc([C@H]2[C@@H](c3ccccn3)NC(=S)N2CC(=O)Nc2ccccc2)c1C. The summed E-state index contributed by atoms with van der Waals surface area (Å²) in [7, 11) is 0. The molecule has 4 aromatic rings. The third kappa shape index (κ3) is 4.82. The van der Waals surface area contributed by atoms with Crippen molar-refractivity contribution in [1.29, 1.82) is 0 Å². The van der Waals surface area contributed by atoms with Crippen LogP contribution < -0.4 is 10.6 Å². The number of pyridine rings is 1. The van der Waals surface area contributed by atoms with Crippen LogP contribution in [-0.2, 0) is 11.2 Å². The number of nitrogens with zero attached hydrogens (tertiary/aromatic N) is 3. The number of thiocarbonyl (C=S) groups is 1. The summed E-state index contributed by atoms with van der Waals surface area (Å²) in [5.74, 6) is -0.118. The van der Waals surface area contributed by atoms with E-state index >= 15 is 0 Å². The molecule has 5 rings (SSSR count). The topological polar surface area (TPSA) is 62.2 Å². The third-order valence-corrected chi connectivity index (χ3v) is 7.64. The van der Waals surface area contributed by atoms with E-state index in [0.717, 1.165) is 34.8 Å². The van der Waals surface area contributed by atoms with E-state index in [-0.39, 0.29) is 24.5 Å². The average molecular weight is 524 g/mol. The molecule has 0 saturated carbocycles. The van der Waals surface area contributed by atoms with Crippen LogP contribution in [0.2, 0.25) is 0 Å². The van der Waals surface area contributed by atoms with Crippen LogP contribution in [0.25, 0.3) is 5.69 Å². The van der Waals surface area contributed by atoms with Gasteiger partial charge in [-0.3, -0.25) is 9.78 Å². The lowest BCUT2D eigenvalue weighted by Gasteiger charge is -2.28. The first-order valence-electron chi connectivity index (χ1n) is 13.0. The smallest absolute Gasteiger partial charge is 0.244 e. The Labute approximate surface area is 229 Å². The Morgan fingerprint density at radius 3 is 2.50 bits per heavy atom. The highest BCUT2D eigenvalue weighted by atomic mass is 32.1. The number of rotatable bonds is 7. The molecule has 1 aliphatic rings. The number of amides is 1. The molecular weight excluding hydrogens is 490 g/mol. The van der Waals surface area contributed by atoms with Crippen molar-refractivity contribution in [2.24, 2.45) is 0 Å². The highest BCUT2D eigenvalue weighted by Gasteiger charge is 2.42. The molecule has 2 atom stereocenters. The van der Waals surface area contributed by atoms with Crippen molar-refractivity contribution in [2.75, 3.05) is 11.9 Å². The fourth-order valence-corrected chi connectivity index (χ4v) is 5.85. The maximum atomic E-state index is 13.2. The molecule has 2 aromatic carbocycles. The average Bonchev–Trinajstić information content (AvgIpc) is 3.39. The van der Waals surface area contributed by atoms with E-state index in [4.69, 9.17) is 12.2 Å². The van der Waals surface area contributed by atoms with Crippen LogP contribution in [0.5, 0.6) is 0 Å². The molecule has 194 valence electrons. The first-order chi connectivity index (χ1) is 18.4. The molecule has 0 radical (unpaired) electrons. The Morgan fingerprint density at radius 2 is 1.79 bits per heavy atom. The van der Waals surface area contributed by atoms with E-state index < -0.39 is 0 Å². The molecule has 0 aliphatic carbocycles. The molecule has 6 nitrogen and oxygen atoms in total. The van der Waals surface area contributed by atoms with Crippen molar-refractivity contribution in [3.63, 3.8) is 0 Å². The maximum Gasteiger partial charge on any atom is 0.244 e. The zero-order valence-corrected chi connectivity index (χ0v) is 23.0. The minimum absolute atomic E-state index is 0.118. The number of benzene rings is 2. The van der Waals surface area contributed by atoms with Gasteiger partial charge in [0.2, 0.25) is 5.91 Å². The Kier molecular flexibility index (Phi) is 7.29. The molecule has 1 fully saturated rings. The number of carbonyl (C=O) groups is 1. The quantitative estimate of drug-likeness (QED) is 0.292. The minimum atomic E-state index is -0.201. The van der Waals surface area contributed by atoms with Gasteiger partial charge in [0.25, 0.3) is 0 Å². The fraction of sp³-hybridized carbons (Fsp3) is 0.258. The number of anilines is 1. The lowest BCUT2D eigenvalue weighted by molar-refractivity contribution is -0.116. The summed E-state index contributed by atoms with van der Waals surface area (Å²) in [6.45, 7) is 8.79. The predicted octanol–water partition coefficient (Wildman–Crippen LogP) is 5.97. The minimum Gasteiger partial charge on any atom is -0.352 e. The van der Waals surface area contributed by atoms with Crippen molar-refractivity contribution in [3.05, 3.63) is 113 Å². The molecule has 2 N–H and O–H groups in total. The van der Waals surface area contributed by atoms with Crippen LogP contribution in [0.1, 0.15) is 52.8 Å². The molecule has 38 heavy (non-hydrogen) atoms. The van der Waals surface area contributed by atoms with E-state index in [1.807, 2.05) is 53.4 Å². The van der Waals surface area contributed by atoms with Crippen molar-refractivity contribution < 1.29 is 4.79 Å². The van der Waals surface area contributed by atoms with Crippen LogP contribution >= 0.6 is 12.2 Å². The third-order valence-electron chi connectivity index (χ3n) is 7.28. The van der Waals surface area contributed by atoms with Crippen molar-refractivity contribution in [3.8, 4) is 5.69 Å². The van der Waals surface area contributed by atoms with Gasteiger partial charge < -0.3 is 20.1 Å². The second-order valence-electron chi connectivity index (χ2n) is 9.77. The van der Waals surface area contributed by atoms with Gasteiger partial charge in [-0.1, -0.05) is 49.4 Å². The Hall–Kier alpha value is -3.97. The summed E-state index contributed by atoms with van der Waals surface area (Å²) in [6.07, 6.45) is 2.74. The van der Waals surface area contributed by atoms with E-state index in [1.165, 1.54) is 16.8 Å². The van der Waals surface area contributed by atoms with Crippen LogP contribution in [0.15, 0.2) is 79.0 Å². The van der Waals surface area contributed by atoms with Crippen LogP contribution in [0, 0.1) is 20.8 Å². The largest absolute Gasteiger partial charge is 0.352 e. The van der Waals surface area contributed by atoms with Crippen LogP contribution in [-0.4, -0.2) is 32.0 Å². The van der Waals surface area contributed by atoms with Crippen molar-refractivity contribution >= 4 is 28.9 Å². The fourth-order valence-electron chi connectivity index (χ4n) is 5.55. The number of aryl methyl sites for hydroxylation is 3. The van der Waals surface area contributed by atoms with Gasteiger partial charge in [0.1, 0.15) is 6.54 Å². The zero-order chi connectivity index (χ0) is 26.8. The van der Waals surface area contributed by atoms with Crippen molar-refractivity contribution in [1.82, 2.24) is 19.8 Å². The number of para-hydroxylation sites is 2. The molecule has 0 bridgehead atoms. The summed E-state index contributed by atoms with van der Waals surface area (Å²) in [4.78, 5) is 19.8. The second-order valence-corrected chi connectivity index (χ2v) is 10.2. The number of carbonyl (C=O) groups excluding carboxylic acids is 1. The van der Waals surface area contributed by atoms with Gasteiger partial charge >= 0.3 is 0 Å². The second kappa shape index (κ2) is 10.8. The molecule has 2 aromatic heterocycles. The van der Waals surface area contributed by atoms with Crippen LogP contribution in [0.3, 0.4) is 0 Å². The van der Waals surface area contributed by atoms with Gasteiger partial charge in [-0.25, -0.2) is 0 Å². The Bertz CT molecular complexity index is 1460. The molecule has 7 heteroatoms. The normalized spacial score (nSPS) is 16.9. The lowest BCUT2D eigenvalue weighted by Crippen LogP contribution is -2.37. The monoisotopic (exact) mass is 523 g/mol. The van der Waals surface area contributed by atoms with E-state index in [1.54, 1.807) is 6.20 Å². The first-order valence-corrected chi connectivity index (χ1v) is 13.4. The predicted molar refractivity (Wildman–Crippen MR) is 157 cm³/mol. The standard InChI is InChI=1S/C31H33N5OS/c1-5-23-13-11-12-20(2)29(23)36-21(3)18-25(22(36)4)30-28(26-16-9-10-17-32-26)34-31(38)35(30)19-27(37)33-24-14-7-6-8-15-24/h6-18,28,30H,5,19H2,1-4H3,(H,33,37)(H,34,38)/t28-,30+/m1/s1. The zero-order valence-electron chi connectivity index (χ0n) is 22.2. The van der Waals surface area contributed by atoms with Gasteiger partial charge in [0.15, 0.2) is 5.11 Å². The summed E-state index contributed by atoms with van der Waals surface area (Å²) < 4.78 is 2.35.